The molecule has 0 bridgehead atoms. The lowest BCUT2D eigenvalue weighted by Crippen LogP contribution is -1.97. The lowest BCUT2D eigenvalue weighted by molar-refractivity contribution is 0.00221. The first-order valence-electron chi connectivity index (χ1n) is 3.99. The van der Waals surface area contributed by atoms with Crippen molar-refractivity contribution in [1.29, 1.82) is 0 Å². The van der Waals surface area contributed by atoms with Crippen molar-refractivity contribution in [2.45, 2.75) is 12.7 Å². The average Bonchev–Trinajstić information content (AvgIpc) is 2.08. The highest BCUT2D eigenvalue weighted by Crippen LogP contribution is 2.10. The molecule has 0 aliphatic rings. The van der Waals surface area contributed by atoms with Gasteiger partial charge in [-0.15, -0.1) is 0 Å². The van der Waals surface area contributed by atoms with Gasteiger partial charge >= 0.3 is 0 Å². The van der Waals surface area contributed by atoms with Crippen molar-refractivity contribution >= 4 is 0 Å². The lowest BCUT2D eigenvalue weighted by Gasteiger charge is -1.97. The predicted molar refractivity (Wildman–Crippen MR) is 49.2 cm³/mol. The van der Waals surface area contributed by atoms with E-state index in [0.29, 0.717) is 6.42 Å². The first-order valence-corrected chi connectivity index (χ1v) is 3.99. The van der Waals surface area contributed by atoms with Crippen molar-refractivity contribution in [3.63, 3.8) is 0 Å². The number of aliphatic hydroxyl groups excluding tert-OH is 1. The van der Waals surface area contributed by atoms with Crippen molar-refractivity contribution in [3.8, 4) is 5.75 Å². The molecule has 1 rings (SSSR count). The van der Waals surface area contributed by atoms with E-state index in [9.17, 15) is 0 Å². The minimum absolute atomic E-state index is 0.231. The number of hydrogen-bond acceptors (Lipinski definition) is 3. The van der Waals surface area contributed by atoms with Crippen LogP contribution in [0.5, 0.6) is 5.75 Å². The molecule has 13 heavy (non-hydrogen) atoms. The van der Waals surface area contributed by atoms with Crippen molar-refractivity contribution in [2.75, 3.05) is 0 Å². The van der Waals surface area contributed by atoms with Crippen molar-refractivity contribution < 1.29 is 15.3 Å². The number of phenolic OH excluding ortho intramolecular Hbond substituents is 1. The maximum absolute atomic E-state index is 8.97. The van der Waals surface area contributed by atoms with Gasteiger partial charge in [0.1, 0.15) is 5.75 Å². The molecule has 0 atom stereocenters. The van der Waals surface area contributed by atoms with Gasteiger partial charge in [-0.3, -0.25) is 0 Å². The highest BCUT2D eigenvalue weighted by molar-refractivity contribution is 5.27. The molecule has 1 aromatic rings. The van der Waals surface area contributed by atoms with E-state index in [1.165, 1.54) is 6.08 Å². The number of hydrogen-bond donors (Lipinski definition) is 3. The summed E-state index contributed by atoms with van der Waals surface area (Å²) in [7, 11) is 0. The maximum Gasteiger partial charge on any atom is 0.171 e. The molecule has 0 radical (unpaired) electrons. The van der Waals surface area contributed by atoms with E-state index in [1.807, 2.05) is 0 Å². The van der Waals surface area contributed by atoms with Crippen molar-refractivity contribution in [1.82, 2.24) is 0 Å². The number of allylic oxidation sites excluding steroid dienone is 1. The molecule has 0 unspecified atom stereocenters. The zero-order valence-electron chi connectivity index (χ0n) is 7.09. The van der Waals surface area contributed by atoms with Crippen LogP contribution < -0.4 is 0 Å². The standard InChI is InChI=1S/C10H12O3/c11-9-6-4-8(5-7-9)2-1-3-10(12)13/h1,3-7,10-13H,2H2. The topological polar surface area (TPSA) is 60.7 Å². The monoisotopic (exact) mass is 180 g/mol. The van der Waals surface area contributed by atoms with Crippen LogP contribution in [0.3, 0.4) is 0 Å². The smallest absolute Gasteiger partial charge is 0.171 e. The number of rotatable bonds is 3. The largest absolute Gasteiger partial charge is 0.508 e. The van der Waals surface area contributed by atoms with Gasteiger partial charge in [0, 0.05) is 0 Å². The molecule has 0 amide bonds. The molecule has 0 aromatic heterocycles. The fourth-order valence-corrected chi connectivity index (χ4v) is 0.958. The molecule has 0 saturated carbocycles. The molecular formula is C10H12O3. The third kappa shape index (κ3) is 3.73. The minimum Gasteiger partial charge on any atom is -0.508 e. The second kappa shape index (κ2) is 4.64. The van der Waals surface area contributed by atoms with Crippen LogP contribution in [0.15, 0.2) is 36.4 Å². The molecule has 3 N–H and O–H groups in total. The summed E-state index contributed by atoms with van der Waals surface area (Å²) in [6.07, 6.45) is 2.19. The summed E-state index contributed by atoms with van der Waals surface area (Å²) in [6, 6.07) is 6.75. The summed E-state index contributed by atoms with van der Waals surface area (Å²) in [4.78, 5) is 0. The Balaban J connectivity index is 2.50. The Bertz CT molecular complexity index is 275. The van der Waals surface area contributed by atoms with E-state index < -0.39 is 6.29 Å². The summed E-state index contributed by atoms with van der Waals surface area (Å²) in [5, 5.41) is 26.0. The van der Waals surface area contributed by atoms with Crippen molar-refractivity contribution in [3.05, 3.63) is 42.0 Å². The third-order valence-electron chi connectivity index (χ3n) is 1.60. The molecule has 0 spiro atoms. The minimum atomic E-state index is -1.39. The second-order valence-corrected chi connectivity index (χ2v) is 2.71. The average molecular weight is 180 g/mol. The van der Waals surface area contributed by atoms with Gasteiger partial charge in [0.2, 0.25) is 0 Å². The van der Waals surface area contributed by atoms with E-state index in [1.54, 1.807) is 30.3 Å². The first-order chi connectivity index (χ1) is 6.18. The van der Waals surface area contributed by atoms with Gasteiger partial charge in [-0.25, -0.2) is 0 Å². The Morgan fingerprint density at radius 3 is 2.31 bits per heavy atom. The molecule has 70 valence electrons. The van der Waals surface area contributed by atoms with Gasteiger partial charge in [-0.1, -0.05) is 18.2 Å². The van der Waals surface area contributed by atoms with Crippen LogP contribution in [0.4, 0.5) is 0 Å². The fourth-order valence-electron chi connectivity index (χ4n) is 0.958. The van der Waals surface area contributed by atoms with E-state index in [-0.39, 0.29) is 5.75 Å². The molecule has 3 nitrogen and oxygen atoms in total. The molecule has 0 fully saturated rings. The van der Waals surface area contributed by atoms with Crippen LogP contribution in [0.1, 0.15) is 5.56 Å². The molecular weight excluding hydrogens is 168 g/mol. The fraction of sp³-hybridized carbons (Fsp3) is 0.200. The van der Waals surface area contributed by atoms with E-state index in [4.69, 9.17) is 15.3 Å². The quantitative estimate of drug-likeness (QED) is 0.476. The number of phenols is 1. The molecule has 0 heterocycles. The zero-order valence-corrected chi connectivity index (χ0v) is 7.09. The Hall–Kier alpha value is -1.32. The van der Waals surface area contributed by atoms with Gasteiger partial charge in [0.25, 0.3) is 0 Å². The van der Waals surface area contributed by atoms with Gasteiger partial charge < -0.3 is 15.3 Å². The Morgan fingerprint density at radius 2 is 1.77 bits per heavy atom. The van der Waals surface area contributed by atoms with E-state index >= 15 is 0 Å². The van der Waals surface area contributed by atoms with Crippen LogP contribution in [-0.4, -0.2) is 21.6 Å². The van der Waals surface area contributed by atoms with Gasteiger partial charge in [-0.2, -0.15) is 0 Å². The molecule has 0 saturated heterocycles. The van der Waals surface area contributed by atoms with Crippen LogP contribution in [0.25, 0.3) is 0 Å². The zero-order chi connectivity index (χ0) is 9.68. The molecule has 1 aromatic carbocycles. The number of benzene rings is 1. The van der Waals surface area contributed by atoms with Crippen LogP contribution in [0, 0.1) is 0 Å². The Kier molecular flexibility index (Phi) is 3.49. The Morgan fingerprint density at radius 1 is 1.15 bits per heavy atom. The summed E-state index contributed by atoms with van der Waals surface area (Å²) in [5.74, 6) is 0.231. The van der Waals surface area contributed by atoms with Crippen molar-refractivity contribution in [2.24, 2.45) is 0 Å². The van der Waals surface area contributed by atoms with Crippen LogP contribution >= 0.6 is 0 Å². The lowest BCUT2D eigenvalue weighted by atomic mass is 10.1. The number of aromatic hydroxyl groups is 1. The summed E-state index contributed by atoms with van der Waals surface area (Å²) in [5.41, 5.74) is 1.01. The molecule has 0 aliphatic carbocycles. The van der Waals surface area contributed by atoms with E-state index in [0.717, 1.165) is 5.56 Å². The Labute approximate surface area is 76.6 Å². The van der Waals surface area contributed by atoms with Crippen LogP contribution in [0.2, 0.25) is 0 Å². The summed E-state index contributed by atoms with van der Waals surface area (Å²) in [6.45, 7) is 0. The highest BCUT2D eigenvalue weighted by atomic mass is 16.5. The SMILES string of the molecule is Oc1ccc(CC=CC(O)O)cc1. The van der Waals surface area contributed by atoms with Gasteiger partial charge in [0.05, 0.1) is 0 Å². The van der Waals surface area contributed by atoms with E-state index in [2.05, 4.69) is 0 Å². The third-order valence-corrected chi connectivity index (χ3v) is 1.60. The maximum atomic E-state index is 8.97. The molecule has 3 heteroatoms. The van der Waals surface area contributed by atoms with Gasteiger partial charge in [0.15, 0.2) is 6.29 Å². The highest BCUT2D eigenvalue weighted by Gasteiger charge is 1.91. The first kappa shape index (κ1) is 9.77. The second-order valence-electron chi connectivity index (χ2n) is 2.71. The number of aliphatic hydroxyl groups is 2. The van der Waals surface area contributed by atoms with Crippen LogP contribution in [-0.2, 0) is 6.42 Å². The summed E-state index contributed by atoms with van der Waals surface area (Å²) >= 11 is 0. The van der Waals surface area contributed by atoms with Gasteiger partial charge in [-0.05, 0) is 30.2 Å². The predicted octanol–water partition coefficient (Wildman–Crippen LogP) is 0.802. The summed E-state index contributed by atoms with van der Waals surface area (Å²) < 4.78 is 0. The normalized spacial score (nSPS) is 11.3. The molecule has 0 aliphatic heterocycles.